The van der Waals surface area contributed by atoms with Crippen molar-refractivity contribution in [2.24, 2.45) is 0 Å². The molecule has 0 aliphatic carbocycles. The SMILES string of the molecule is CCCCCCCC(=O)O.CCCCCCCC(=O)O.[Ca+2].[H-].[H-]. The van der Waals surface area contributed by atoms with Crippen LogP contribution in [0.3, 0.4) is 0 Å². The second kappa shape index (κ2) is 22.5. The van der Waals surface area contributed by atoms with Gasteiger partial charge in [0.05, 0.1) is 0 Å². The van der Waals surface area contributed by atoms with E-state index in [1.165, 1.54) is 38.5 Å². The smallest absolute Gasteiger partial charge is 1.00 e. The molecule has 0 aliphatic heterocycles. The molecule has 0 aromatic rings. The molecule has 0 saturated carbocycles. The zero-order valence-electron chi connectivity index (χ0n) is 15.9. The van der Waals surface area contributed by atoms with Gasteiger partial charge in [-0.3, -0.25) is 9.59 Å². The molecule has 21 heavy (non-hydrogen) atoms. The number of carboxylic acids is 2. The van der Waals surface area contributed by atoms with Gasteiger partial charge in [0.1, 0.15) is 0 Å². The van der Waals surface area contributed by atoms with Gasteiger partial charge in [0.25, 0.3) is 0 Å². The first kappa shape index (κ1) is 26.1. The summed E-state index contributed by atoms with van der Waals surface area (Å²) in [6, 6.07) is 0. The zero-order valence-corrected chi connectivity index (χ0v) is 16.1. The van der Waals surface area contributed by atoms with E-state index in [0.717, 1.165) is 25.7 Å². The van der Waals surface area contributed by atoms with Crippen LogP contribution in [0.25, 0.3) is 0 Å². The van der Waals surface area contributed by atoms with E-state index in [2.05, 4.69) is 13.8 Å². The summed E-state index contributed by atoms with van der Waals surface area (Å²) < 4.78 is 0. The van der Waals surface area contributed by atoms with Crippen LogP contribution in [-0.4, -0.2) is 59.9 Å². The molecule has 0 aromatic heterocycles. The average molecular weight is 331 g/mol. The Bertz CT molecular complexity index is 218. The molecular weight excluding hydrogens is 296 g/mol. The summed E-state index contributed by atoms with van der Waals surface area (Å²) in [7, 11) is 0. The molecule has 0 fully saturated rings. The predicted molar refractivity (Wildman–Crippen MR) is 90.0 cm³/mol. The Labute approximate surface area is 162 Å². The number of rotatable bonds is 12. The molecule has 0 heterocycles. The summed E-state index contributed by atoms with van der Waals surface area (Å²) in [6.07, 6.45) is 11.8. The molecule has 0 saturated heterocycles. The maximum Gasteiger partial charge on any atom is 2.00 e. The largest absolute Gasteiger partial charge is 2.00 e. The minimum absolute atomic E-state index is 0. The van der Waals surface area contributed by atoms with Crippen LogP contribution in [0.2, 0.25) is 0 Å². The van der Waals surface area contributed by atoms with Crippen molar-refractivity contribution < 1.29 is 22.7 Å². The summed E-state index contributed by atoms with van der Waals surface area (Å²) in [5, 5.41) is 16.5. The molecule has 2 N–H and O–H groups in total. The van der Waals surface area contributed by atoms with E-state index >= 15 is 0 Å². The van der Waals surface area contributed by atoms with E-state index in [-0.39, 0.29) is 40.6 Å². The molecule has 0 unspecified atom stereocenters. The van der Waals surface area contributed by atoms with Crippen LogP contribution in [-0.2, 0) is 9.59 Å². The monoisotopic (exact) mass is 330 g/mol. The number of carbonyl (C=O) groups is 2. The van der Waals surface area contributed by atoms with Crippen LogP contribution < -0.4 is 0 Å². The van der Waals surface area contributed by atoms with E-state index in [0.29, 0.717) is 12.8 Å². The van der Waals surface area contributed by atoms with Gasteiger partial charge in [-0.25, -0.2) is 0 Å². The normalized spacial score (nSPS) is 9.24. The summed E-state index contributed by atoms with van der Waals surface area (Å²) in [5.74, 6) is -1.34. The van der Waals surface area contributed by atoms with Gasteiger partial charge in [-0.15, -0.1) is 0 Å². The van der Waals surface area contributed by atoms with Gasteiger partial charge in [0.2, 0.25) is 0 Å². The zero-order chi connectivity index (χ0) is 15.6. The Balaban J connectivity index is -0.0000000831. The van der Waals surface area contributed by atoms with Crippen LogP contribution in [0.1, 0.15) is 93.8 Å². The van der Waals surface area contributed by atoms with Gasteiger partial charge in [-0.1, -0.05) is 65.2 Å². The van der Waals surface area contributed by atoms with Gasteiger partial charge in [0, 0.05) is 12.8 Å². The van der Waals surface area contributed by atoms with Crippen LogP contribution in [0, 0.1) is 0 Å². The first-order chi connectivity index (χ1) is 9.54. The standard InChI is InChI=1S/2C8H16O2.Ca.2H/c2*1-2-3-4-5-6-7-8(9)10;;;/h2*2-7H2,1H3,(H,9,10);;;/q;;+2;2*-1. The Kier molecular flexibility index (Phi) is 28.0. The van der Waals surface area contributed by atoms with Crippen molar-refractivity contribution in [1.29, 1.82) is 0 Å². The van der Waals surface area contributed by atoms with Crippen molar-refractivity contribution in [1.82, 2.24) is 0 Å². The summed E-state index contributed by atoms with van der Waals surface area (Å²) in [6.45, 7) is 4.30. The van der Waals surface area contributed by atoms with Gasteiger partial charge < -0.3 is 13.1 Å². The van der Waals surface area contributed by atoms with E-state index in [1.54, 1.807) is 0 Å². The molecule has 0 rings (SSSR count). The molecular formula is C16H34CaO4. The topological polar surface area (TPSA) is 74.6 Å². The predicted octanol–water partition coefficient (Wildman–Crippen LogP) is 4.71. The van der Waals surface area contributed by atoms with E-state index < -0.39 is 11.9 Å². The molecule has 0 atom stereocenters. The number of unbranched alkanes of at least 4 members (excludes halogenated alkanes) is 8. The molecule has 4 nitrogen and oxygen atoms in total. The molecule has 5 heteroatoms. The Morgan fingerprint density at radius 3 is 1.19 bits per heavy atom. The van der Waals surface area contributed by atoms with Crippen molar-refractivity contribution >= 4 is 49.7 Å². The molecule has 0 amide bonds. The third-order valence-electron chi connectivity index (χ3n) is 2.99. The van der Waals surface area contributed by atoms with Gasteiger partial charge in [0.15, 0.2) is 0 Å². The Hall–Kier alpha value is 0.200. The minimum atomic E-state index is -0.670. The summed E-state index contributed by atoms with van der Waals surface area (Å²) in [5.41, 5.74) is 0. The van der Waals surface area contributed by atoms with Crippen molar-refractivity contribution in [3.63, 3.8) is 0 Å². The van der Waals surface area contributed by atoms with Gasteiger partial charge in [-0.2, -0.15) is 0 Å². The second-order valence-electron chi connectivity index (χ2n) is 5.12. The second-order valence-corrected chi connectivity index (χ2v) is 5.12. The first-order valence-corrected chi connectivity index (χ1v) is 7.98. The fourth-order valence-corrected chi connectivity index (χ4v) is 1.76. The number of hydrogen-bond acceptors (Lipinski definition) is 2. The van der Waals surface area contributed by atoms with Crippen molar-refractivity contribution in [3.05, 3.63) is 0 Å². The minimum Gasteiger partial charge on any atom is -1.00 e. The Morgan fingerprint density at radius 1 is 0.667 bits per heavy atom. The van der Waals surface area contributed by atoms with Crippen LogP contribution >= 0.6 is 0 Å². The van der Waals surface area contributed by atoms with E-state index in [9.17, 15) is 9.59 Å². The summed E-state index contributed by atoms with van der Waals surface area (Å²) in [4.78, 5) is 20.1. The third kappa shape index (κ3) is 33.2. The van der Waals surface area contributed by atoms with Crippen LogP contribution in [0.5, 0.6) is 0 Å². The van der Waals surface area contributed by atoms with Crippen molar-refractivity contribution in [3.8, 4) is 0 Å². The summed E-state index contributed by atoms with van der Waals surface area (Å²) >= 11 is 0. The Morgan fingerprint density at radius 2 is 0.952 bits per heavy atom. The third-order valence-corrected chi connectivity index (χ3v) is 2.99. The van der Waals surface area contributed by atoms with Crippen molar-refractivity contribution in [2.75, 3.05) is 0 Å². The molecule has 0 spiro atoms. The maximum absolute atomic E-state index is 10.0. The van der Waals surface area contributed by atoms with Gasteiger partial charge in [-0.05, 0) is 12.8 Å². The number of aliphatic carboxylic acids is 2. The molecule has 0 radical (unpaired) electrons. The van der Waals surface area contributed by atoms with Crippen LogP contribution in [0.4, 0.5) is 0 Å². The fourth-order valence-electron chi connectivity index (χ4n) is 1.76. The van der Waals surface area contributed by atoms with Crippen molar-refractivity contribution in [2.45, 2.75) is 90.9 Å². The maximum atomic E-state index is 10.0. The molecule has 0 aromatic carbocycles. The average Bonchev–Trinajstić information content (AvgIpc) is 2.38. The molecule has 0 bridgehead atoms. The fraction of sp³-hybridized carbons (Fsp3) is 0.875. The number of hydrogen-bond donors (Lipinski definition) is 2. The molecule has 124 valence electrons. The molecule has 0 aliphatic rings. The first-order valence-electron chi connectivity index (χ1n) is 7.98. The van der Waals surface area contributed by atoms with E-state index in [1.807, 2.05) is 0 Å². The number of carboxylic acid groups (broad SMARTS) is 2. The van der Waals surface area contributed by atoms with E-state index in [4.69, 9.17) is 10.2 Å². The van der Waals surface area contributed by atoms with Crippen LogP contribution in [0.15, 0.2) is 0 Å². The quantitative estimate of drug-likeness (QED) is 0.401. The van der Waals surface area contributed by atoms with Gasteiger partial charge >= 0.3 is 49.7 Å².